The highest BCUT2D eigenvalue weighted by Gasteiger charge is 2.24. The van der Waals surface area contributed by atoms with E-state index in [4.69, 9.17) is 4.74 Å². The number of hydrogen-bond acceptors (Lipinski definition) is 4. The number of piperidine rings is 1. The molecule has 2 aromatic rings. The standard InChI is InChI=1S/C21H24N2O3/c24-20(15-6-7-19-16(12-15)13-21(25)22-19)14-23-10-8-18(9-11-23)26-17-4-2-1-3-5-17/h1-7,12,18,20,24H,8-11,13-14H2,(H,22,25). The topological polar surface area (TPSA) is 61.8 Å². The molecule has 1 saturated heterocycles. The quantitative estimate of drug-likeness (QED) is 0.869. The van der Waals surface area contributed by atoms with Crippen LogP contribution in [0.15, 0.2) is 48.5 Å². The van der Waals surface area contributed by atoms with Crippen LogP contribution in [0, 0.1) is 0 Å². The van der Waals surface area contributed by atoms with Crippen molar-refractivity contribution < 1.29 is 14.6 Å². The number of hydrogen-bond donors (Lipinski definition) is 2. The molecule has 1 unspecified atom stereocenters. The fourth-order valence-electron chi connectivity index (χ4n) is 3.71. The van der Waals surface area contributed by atoms with E-state index in [2.05, 4.69) is 10.2 Å². The molecule has 2 aliphatic heterocycles. The second-order valence-corrected chi connectivity index (χ2v) is 7.09. The number of fused-ring (bicyclic) bond motifs is 1. The Labute approximate surface area is 153 Å². The minimum absolute atomic E-state index is 0.0205. The van der Waals surface area contributed by atoms with Crippen LogP contribution in [0.3, 0.4) is 0 Å². The van der Waals surface area contributed by atoms with Crippen LogP contribution in [-0.2, 0) is 11.2 Å². The minimum atomic E-state index is -0.539. The average molecular weight is 352 g/mol. The van der Waals surface area contributed by atoms with Crippen molar-refractivity contribution in [3.63, 3.8) is 0 Å². The molecule has 0 radical (unpaired) electrons. The summed E-state index contributed by atoms with van der Waals surface area (Å²) >= 11 is 0. The molecule has 1 atom stereocenters. The Bertz CT molecular complexity index is 770. The minimum Gasteiger partial charge on any atom is -0.490 e. The predicted octanol–water partition coefficient (Wildman–Crippen LogP) is 2.76. The van der Waals surface area contributed by atoms with Gasteiger partial charge in [0.2, 0.25) is 5.91 Å². The number of para-hydroxylation sites is 1. The van der Waals surface area contributed by atoms with Gasteiger partial charge in [0.1, 0.15) is 11.9 Å². The molecule has 2 aliphatic rings. The number of anilines is 1. The van der Waals surface area contributed by atoms with Crippen LogP contribution in [0.2, 0.25) is 0 Å². The van der Waals surface area contributed by atoms with E-state index < -0.39 is 6.10 Å². The zero-order chi connectivity index (χ0) is 17.9. The predicted molar refractivity (Wildman–Crippen MR) is 100 cm³/mol. The molecule has 0 spiro atoms. The summed E-state index contributed by atoms with van der Waals surface area (Å²) in [4.78, 5) is 13.7. The zero-order valence-corrected chi connectivity index (χ0v) is 14.7. The maximum absolute atomic E-state index is 11.5. The van der Waals surface area contributed by atoms with Crippen molar-refractivity contribution in [2.24, 2.45) is 0 Å². The number of aliphatic hydroxyl groups excluding tert-OH is 1. The van der Waals surface area contributed by atoms with Crippen molar-refractivity contribution in [1.82, 2.24) is 4.90 Å². The maximum atomic E-state index is 11.5. The van der Waals surface area contributed by atoms with Crippen molar-refractivity contribution in [3.05, 3.63) is 59.7 Å². The van der Waals surface area contributed by atoms with Crippen LogP contribution in [0.5, 0.6) is 5.75 Å². The fourth-order valence-corrected chi connectivity index (χ4v) is 3.71. The molecule has 0 aliphatic carbocycles. The lowest BCUT2D eigenvalue weighted by atomic mass is 10.0. The third-order valence-corrected chi connectivity index (χ3v) is 5.15. The molecule has 1 fully saturated rings. The van der Waals surface area contributed by atoms with Crippen LogP contribution in [0.25, 0.3) is 0 Å². The highest BCUT2D eigenvalue weighted by Crippen LogP contribution is 2.27. The molecule has 5 heteroatoms. The number of likely N-dealkylation sites (tertiary alicyclic amines) is 1. The third-order valence-electron chi connectivity index (χ3n) is 5.15. The number of amides is 1. The molecule has 0 aromatic heterocycles. The Morgan fingerprint density at radius 2 is 1.92 bits per heavy atom. The largest absolute Gasteiger partial charge is 0.490 e. The van der Waals surface area contributed by atoms with Gasteiger partial charge in [-0.05, 0) is 42.2 Å². The van der Waals surface area contributed by atoms with E-state index in [-0.39, 0.29) is 12.0 Å². The highest BCUT2D eigenvalue weighted by molar-refractivity contribution is 5.99. The van der Waals surface area contributed by atoms with Gasteiger partial charge in [-0.25, -0.2) is 0 Å². The Morgan fingerprint density at radius 3 is 2.69 bits per heavy atom. The number of ether oxygens (including phenoxy) is 1. The Morgan fingerprint density at radius 1 is 1.15 bits per heavy atom. The van der Waals surface area contributed by atoms with Gasteiger partial charge < -0.3 is 20.1 Å². The lowest BCUT2D eigenvalue weighted by molar-refractivity contribution is -0.115. The molecule has 2 heterocycles. The summed E-state index contributed by atoms with van der Waals surface area (Å²) < 4.78 is 6.03. The first kappa shape index (κ1) is 17.1. The van der Waals surface area contributed by atoms with Crippen LogP contribution in [0.4, 0.5) is 5.69 Å². The van der Waals surface area contributed by atoms with Gasteiger partial charge in [-0.3, -0.25) is 4.79 Å². The van der Waals surface area contributed by atoms with Crippen LogP contribution >= 0.6 is 0 Å². The maximum Gasteiger partial charge on any atom is 0.228 e. The lowest BCUT2D eigenvalue weighted by Crippen LogP contribution is -2.40. The van der Waals surface area contributed by atoms with Gasteiger partial charge >= 0.3 is 0 Å². The Kier molecular flexibility index (Phi) is 4.91. The van der Waals surface area contributed by atoms with E-state index in [0.29, 0.717) is 13.0 Å². The molecule has 5 nitrogen and oxygen atoms in total. The monoisotopic (exact) mass is 352 g/mol. The third kappa shape index (κ3) is 3.89. The number of nitrogens with zero attached hydrogens (tertiary/aromatic N) is 1. The summed E-state index contributed by atoms with van der Waals surface area (Å²) in [5.74, 6) is 0.944. The molecule has 136 valence electrons. The number of benzene rings is 2. The van der Waals surface area contributed by atoms with Crippen molar-refractivity contribution in [3.8, 4) is 5.75 Å². The fraction of sp³-hybridized carbons (Fsp3) is 0.381. The summed E-state index contributed by atoms with van der Waals surface area (Å²) in [5.41, 5.74) is 2.72. The average Bonchev–Trinajstić information content (AvgIpc) is 3.03. The van der Waals surface area contributed by atoms with E-state index in [1.54, 1.807) is 0 Å². The van der Waals surface area contributed by atoms with Crippen molar-refractivity contribution >= 4 is 11.6 Å². The van der Waals surface area contributed by atoms with Gasteiger partial charge in [0.05, 0.1) is 12.5 Å². The molecule has 0 saturated carbocycles. The summed E-state index contributed by atoms with van der Waals surface area (Å²) in [6, 6.07) is 15.7. The van der Waals surface area contributed by atoms with E-state index in [1.807, 2.05) is 48.5 Å². The summed E-state index contributed by atoms with van der Waals surface area (Å²) in [6.45, 7) is 2.44. The molecule has 0 bridgehead atoms. The van der Waals surface area contributed by atoms with Crippen LogP contribution in [-0.4, -0.2) is 41.7 Å². The smallest absolute Gasteiger partial charge is 0.228 e. The summed E-state index contributed by atoms with van der Waals surface area (Å²) in [6.07, 6.45) is 2.03. The van der Waals surface area contributed by atoms with E-state index in [1.165, 1.54) is 0 Å². The number of nitrogens with one attached hydrogen (secondary N) is 1. The molecule has 2 N–H and O–H groups in total. The second kappa shape index (κ2) is 7.48. The number of carbonyl (C=O) groups is 1. The van der Waals surface area contributed by atoms with Gasteiger partial charge in [0.15, 0.2) is 0 Å². The van der Waals surface area contributed by atoms with Crippen molar-refractivity contribution in [1.29, 1.82) is 0 Å². The van der Waals surface area contributed by atoms with Gasteiger partial charge in [-0.15, -0.1) is 0 Å². The lowest BCUT2D eigenvalue weighted by Gasteiger charge is -2.33. The van der Waals surface area contributed by atoms with E-state index in [0.717, 1.165) is 48.5 Å². The highest BCUT2D eigenvalue weighted by atomic mass is 16.5. The molecule has 4 rings (SSSR count). The molecular formula is C21H24N2O3. The van der Waals surface area contributed by atoms with Gasteiger partial charge in [-0.1, -0.05) is 30.3 Å². The molecule has 26 heavy (non-hydrogen) atoms. The first-order valence-corrected chi connectivity index (χ1v) is 9.22. The van der Waals surface area contributed by atoms with E-state index in [9.17, 15) is 9.90 Å². The van der Waals surface area contributed by atoms with Crippen molar-refractivity contribution in [2.45, 2.75) is 31.5 Å². The van der Waals surface area contributed by atoms with Crippen LogP contribution < -0.4 is 10.1 Å². The SMILES string of the molecule is O=C1Cc2cc(C(O)CN3CCC(Oc4ccccc4)CC3)ccc2N1. The molecular weight excluding hydrogens is 328 g/mol. The first-order chi connectivity index (χ1) is 12.7. The molecule has 1 amide bonds. The van der Waals surface area contributed by atoms with Gasteiger partial charge in [0, 0.05) is 25.3 Å². The number of rotatable bonds is 5. The molecule has 2 aromatic carbocycles. The Balaban J connectivity index is 1.29. The van der Waals surface area contributed by atoms with Gasteiger partial charge in [0.25, 0.3) is 0 Å². The zero-order valence-electron chi connectivity index (χ0n) is 14.7. The summed E-state index contributed by atoms with van der Waals surface area (Å²) in [7, 11) is 0. The number of aliphatic hydroxyl groups is 1. The number of carbonyl (C=O) groups excluding carboxylic acids is 1. The second-order valence-electron chi connectivity index (χ2n) is 7.09. The van der Waals surface area contributed by atoms with E-state index >= 15 is 0 Å². The first-order valence-electron chi connectivity index (χ1n) is 9.22. The summed E-state index contributed by atoms with van der Waals surface area (Å²) in [5, 5.41) is 13.4. The Hall–Kier alpha value is -2.37. The van der Waals surface area contributed by atoms with Gasteiger partial charge in [-0.2, -0.15) is 0 Å². The van der Waals surface area contributed by atoms with Crippen molar-refractivity contribution in [2.75, 3.05) is 25.0 Å². The van der Waals surface area contributed by atoms with Crippen LogP contribution in [0.1, 0.15) is 30.1 Å². The number of β-amino-alcohol motifs (C(OH)–C–C–N with tert-alkyl or cyclic N) is 1. The normalized spacial score (nSPS) is 19.0.